The first-order valence-corrected chi connectivity index (χ1v) is 5.61. The molecule has 0 aromatic heterocycles. The molecule has 0 saturated heterocycles. The fourth-order valence-electron chi connectivity index (χ4n) is 1.61. The summed E-state index contributed by atoms with van der Waals surface area (Å²) in [5, 5.41) is 28.2. The molecule has 0 atom stereocenters. The van der Waals surface area contributed by atoms with Gasteiger partial charge in [0.05, 0.1) is 10.5 Å². The second-order valence-electron chi connectivity index (χ2n) is 3.90. The molecule has 0 N–H and O–H groups in total. The Hall–Kier alpha value is -3.45. The van der Waals surface area contributed by atoms with Gasteiger partial charge in [0, 0.05) is 18.2 Å². The van der Waals surface area contributed by atoms with Crippen LogP contribution in [0.25, 0.3) is 0 Å². The Morgan fingerprint density at radius 3 is 2.24 bits per heavy atom. The summed E-state index contributed by atoms with van der Waals surface area (Å²) in [7, 11) is 0. The van der Waals surface area contributed by atoms with Gasteiger partial charge in [0.1, 0.15) is 35.0 Å². The van der Waals surface area contributed by atoms with Crippen LogP contribution < -0.4 is 4.74 Å². The van der Waals surface area contributed by atoms with E-state index in [-0.39, 0.29) is 28.3 Å². The van der Waals surface area contributed by atoms with Crippen molar-refractivity contribution in [2.45, 2.75) is 0 Å². The average Bonchev–Trinajstić information content (AvgIpc) is 2.47. The van der Waals surface area contributed by atoms with Crippen LogP contribution in [0.2, 0.25) is 0 Å². The zero-order chi connectivity index (χ0) is 15.4. The van der Waals surface area contributed by atoms with Gasteiger partial charge in [-0.1, -0.05) is 0 Å². The highest BCUT2D eigenvalue weighted by Gasteiger charge is 2.14. The topological polar surface area (TPSA) is 99.9 Å². The van der Waals surface area contributed by atoms with Crippen LogP contribution in [-0.2, 0) is 0 Å². The second-order valence-corrected chi connectivity index (χ2v) is 3.90. The monoisotopic (exact) mass is 283 g/mol. The number of hydrogen-bond acceptors (Lipinski definition) is 5. The van der Waals surface area contributed by atoms with Crippen molar-refractivity contribution in [1.82, 2.24) is 0 Å². The number of nitro groups is 1. The average molecular weight is 283 g/mol. The molecule has 0 bridgehead atoms. The minimum atomic E-state index is -0.739. The highest BCUT2D eigenvalue weighted by atomic mass is 19.1. The maximum Gasteiger partial charge on any atom is 0.287 e. The number of halogens is 1. The zero-order valence-corrected chi connectivity index (χ0v) is 10.4. The molecule has 0 aliphatic heterocycles. The summed E-state index contributed by atoms with van der Waals surface area (Å²) in [6.07, 6.45) is 0. The van der Waals surface area contributed by atoms with E-state index in [2.05, 4.69) is 0 Å². The van der Waals surface area contributed by atoms with Crippen molar-refractivity contribution in [3.05, 3.63) is 63.5 Å². The van der Waals surface area contributed by atoms with Crippen molar-refractivity contribution in [3.63, 3.8) is 0 Å². The highest BCUT2D eigenvalue weighted by Crippen LogP contribution is 2.28. The van der Waals surface area contributed by atoms with Crippen LogP contribution in [0.5, 0.6) is 11.5 Å². The molecule has 0 heterocycles. The molecule has 0 saturated carbocycles. The molecule has 0 unspecified atom stereocenters. The van der Waals surface area contributed by atoms with Gasteiger partial charge in [-0.3, -0.25) is 10.1 Å². The van der Waals surface area contributed by atoms with Crippen molar-refractivity contribution >= 4 is 5.69 Å². The predicted octanol–water partition coefficient (Wildman–Crippen LogP) is 3.27. The summed E-state index contributed by atoms with van der Waals surface area (Å²) >= 11 is 0. The maximum absolute atomic E-state index is 13.4. The molecule has 7 heteroatoms. The van der Waals surface area contributed by atoms with Crippen molar-refractivity contribution in [2.75, 3.05) is 0 Å². The smallest absolute Gasteiger partial charge is 0.287 e. The second kappa shape index (κ2) is 5.68. The Bertz CT molecular complexity index is 806. The minimum absolute atomic E-state index is 0.115. The Balaban J connectivity index is 2.33. The highest BCUT2D eigenvalue weighted by molar-refractivity contribution is 5.53. The molecule has 2 rings (SSSR count). The SMILES string of the molecule is N#Cc1ccc(Oc2ccc([N+](=O)[O-])c(C#N)c2)cc1F. The van der Waals surface area contributed by atoms with Crippen LogP contribution >= 0.6 is 0 Å². The Morgan fingerprint density at radius 1 is 1.05 bits per heavy atom. The van der Waals surface area contributed by atoms with Crippen LogP contribution in [0.1, 0.15) is 11.1 Å². The largest absolute Gasteiger partial charge is 0.457 e. The van der Waals surface area contributed by atoms with Gasteiger partial charge < -0.3 is 4.74 Å². The Kier molecular flexibility index (Phi) is 3.78. The van der Waals surface area contributed by atoms with Gasteiger partial charge in [-0.15, -0.1) is 0 Å². The lowest BCUT2D eigenvalue weighted by atomic mass is 10.2. The first kappa shape index (κ1) is 14.0. The summed E-state index contributed by atoms with van der Waals surface area (Å²) in [5.74, 6) is -0.470. The molecule has 102 valence electrons. The standard InChI is InChI=1S/C14H6FN3O3/c15-13-6-12(2-1-9(13)7-16)21-11-3-4-14(18(19)20)10(5-11)8-17/h1-6H. The lowest BCUT2D eigenvalue weighted by molar-refractivity contribution is -0.385. The van der Waals surface area contributed by atoms with Crippen LogP contribution in [0.4, 0.5) is 10.1 Å². The number of nitrogens with zero attached hydrogens (tertiary/aromatic N) is 3. The lowest BCUT2D eigenvalue weighted by Crippen LogP contribution is -1.93. The van der Waals surface area contributed by atoms with E-state index in [1.54, 1.807) is 12.1 Å². The molecule has 0 aliphatic carbocycles. The third kappa shape index (κ3) is 2.94. The molecule has 2 aromatic rings. The molecule has 0 fully saturated rings. The molecule has 0 amide bonds. The number of nitriles is 2. The van der Waals surface area contributed by atoms with E-state index in [1.807, 2.05) is 0 Å². The van der Waals surface area contributed by atoms with E-state index in [1.165, 1.54) is 24.3 Å². The summed E-state index contributed by atoms with van der Waals surface area (Å²) in [5.41, 5.74) is -0.619. The van der Waals surface area contributed by atoms with Crippen molar-refractivity contribution in [3.8, 4) is 23.6 Å². The van der Waals surface area contributed by atoms with Crippen LogP contribution in [0.15, 0.2) is 36.4 Å². The number of hydrogen-bond donors (Lipinski definition) is 0. The molecular formula is C14H6FN3O3. The van der Waals surface area contributed by atoms with Crippen LogP contribution in [0.3, 0.4) is 0 Å². The molecule has 0 aliphatic rings. The number of benzene rings is 2. The van der Waals surface area contributed by atoms with Crippen molar-refractivity contribution in [2.24, 2.45) is 0 Å². The summed E-state index contributed by atoms with van der Waals surface area (Å²) in [6.45, 7) is 0. The van der Waals surface area contributed by atoms with Crippen LogP contribution in [-0.4, -0.2) is 4.92 Å². The predicted molar refractivity (Wildman–Crippen MR) is 69.0 cm³/mol. The molecule has 21 heavy (non-hydrogen) atoms. The molecule has 0 radical (unpaired) electrons. The van der Waals surface area contributed by atoms with Gasteiger partial charge in [0.25, 0.3) is 5.69 Å². The van der Waals surface area contributed by atoms with Gasteiger partial charge in [0.15, 0.2) is 0 Å². The van der Waals surface area contributed by atoms with E-state index in [4.69, 9.17) is 15.3 Å². The van der Waals surface area contributed by atoms with Crippen molar-refractivity contribution < 1.29 is 14.1 Å². The first-order chi connectivity index (χ1) is 10.0. The van der Waals surface area contributed by atoms with E-state index >= 15 is 0 Å². The summed E-state index contributed by atoms with van der Waals surface area (Å²) in [6, 6.07) is 10.6. The van der Waals surface area contributed by atoms with E-state index < -0.39 is 10.7 Å². The maximum atomic E-state index is 13.4. The van der Waals surface area contributed by atoms with E-state index in [0.29, 0.717) is 0 Å². The van der Waals surface area contributed by atoms with Gasteiger partial charge in [-0.25, -0.2) is 4.39 Å². The first-order valence-electron chi connectivity index (χ1n) is 5.61. The Morgan fingerprint density at radius 2 is 1.67 bits per heavy atom. The van der Waals surface area contributed by atoms with Gasteiger partial charge in [0.2, 0.25) is 0 Å². The number of rotatable bonds is 3. The molecular weight excluding hydrogens is 277 g/mol. The van der Waals surface area contributed by atoms with Gasteiger partial charge in [-0.05, 0) is 18.2 Å². The molecule has 0 spiro atoms. The summed E-state index contributed by atoms with van der Waals surface area (Å²) in [4.78, 5) is 10.0. The van der Waals surface area contributed by atoms with Crippen molar-refractivity contribution in [1.29, 1.82) is 10.5 Å². The normalized spacial score (nSPS) is 9.48. The van der Waals surface area contributed by atoms with Crippen LogP contribution in [0, 0.1) is 38.6 Å². The minimum Gasteiger partial charge on any atom is -0.457 e. The third-order valence-electron chi connectivity index (χ3n) is 2.58. The lowest BCUT2D eigenvalue weighted by Gasteiger charge is -2.06. The van der Waals surface area contributed by atoms with Gasteiger partial charge >= 0.3 is 0 Å². The quantitative estimate of drug-likeness (QED) is 0.635. The zero-order valence-electron chi connectivity index (χ0n) is 10.4. The third-order valence-corrected chi connectivity index (χ3v) is 2.58. The fraction of sp³-hybridized carbons (Fsp3) is 0. The Labute approximate surface area is 118 Å². The molecule has 6 nitrogen and oxygen atoms in total. The van der Waals surface area contributed by atoms with Gasteiger partial charge in [-0.2, -0.15) is 10.5 Å². The summed E-state index contributed by atoms with van der Waals surface area (Å²) < 4.78 is 18.7. The van der Waals surface area contributed by atoms with E-state index in [0.717, 1.165) is 12.1 Å². The number of ether oxygens (including phenoxy) is 1. The molecule has 2 aromatic carbocycles. The van der Waals surface area contributed by atoms with E-state index in [9.17, 15) is 14.5 Å². The fourth-order valence-corrected chi connectivity index (χ4v) is 1.61. The number of nitro benzene ring substituents is 1.